The van der Waals surface area contributed by atoms with Gasteiger partial charge in [-0.15, -0.1) is 0 Å². The maximum Gasteiger partial charge on any atom is 0.410 e. The topological polar surface area (TPSA) is 51.7 Å². The van der Waals surface area contributed by atoms with E-state index in [-0.39, 0.29) is 12.2 Å². The molecule has 0 bridgehead atoms. The van der Waals surface area contributed by atoms with Gasteiger partial charge >= 0.3 is 6.09 Å². The Kier molecular flexibility index (Phi) is 5.75. The van der Waals surface area contributed by atoms with Gasteiger partial charge in [-0.3, -0.25) is 4.98 Å². The second-order valence-electron chi connectivity index (χ2n) is 8.48. The Morgan fingerprint density at radius 2 is 1.93 bits per heavy atom. The lowest BCUT2D eigenvalue weighted by molar-refractivity contribution is -0.00157. The summed E-state index contributed by atoms with van der Waals surface area (Å²) < 4.78 is 11.5. The molecule has 1 atom stereocenters. The fourth-order valence-corrected chi connectivity index (χ4v) is 3.65. The first-order valence-corrected chi connectivity index (χ1v) is 9.77. The molecule has 1 aliphatic heterocycles. The van der Waals surface area contributed by atoms with Crippen LogP contribution in [-0.4, -0.2) is 41.8 Å². The van der Waals surface area contributed by atoms with Crippen LogP contribution in [0.2, 0.25) is 0 Å². The minimum atomic E-state index is -0.513. The molecule has 150 valence electrons. The number of pyridine rings is 1. The average molecular weight is 383 g/mol. The maximum atomic E-state index is 12.3. The highest BCUT2D eigenvalue weighted by Gasteiger charge is 2.27. The molecule has 0 saturated carbocycles. The third kappa shape index (κ3) is 4.71. The smallest absolute Gasteiger partial charge is 0.410 e. The Labute approximate surface area is 167 Å². The van der Waals surface area contributed by atoms with E-state index in [0.717, 1.165) is 23.4 Å². The zero-order chi connectivity index (χ0) is 20.5. The number of carbonyl (C=O) groups excluding carboxylic acids is 1. The van der Waals surface area contributed by atoms with E-state index in [1.54, 1.807) is 11.9 Å². The van der Waals surface area contributed by atoms with Crippen molar-refractivity contribution in [3.63, 3.8) is 0 Å². The summed E-state index contributed by atoms with van der Waals surface area (Å²) in [6, 6.07) is 10.6. The molecule has 2 heterocycles. The Hall–Kier alpha value is -2.40. The van der Waals surface area contributed by atoms with Gasteiger partial charge in [-0.1, -0.05) is 18.2 Å². The van der Waals surface area contributed by atoms with Gasteiger partial charge in [0.2, 0.25) is 0 Å². The number of hydrogen-bond acceptors (Lipinski definition) is 4. The molecule has 28 heavy (non-hydrogen) atoms. The lowest BCUT2D eigenvalue weighted by Gasteiger charge is -2.32. The molecule has 0 saturated heterocycles. The van der Waals surface area contributed by atoms with Crippen molar-refractivity contribution in [2.24, 2.45) is 0 Å². The largest absolute Gasteiger partial charge is 0.444 e. The Bertz CT molecular complexity index is 850. The summed E-state index contributed by atoms with van der Waals surface area (Å²) in [5.74, 6) is 0. The van der Waals surface area contributed by atoms with Crippen LogP contribution in [0.5, 0.6) is 0 Å². The van der Waals surface area contributed by atoms with Crippen LogP contribution in [0.4, 0.5) is 4.79 Å². The number of fused-ring (bicyclic) bond motifs is 1. The van der Waals surface area contributed by atoms with E-state index >= 15 is 0 Å². The van der Waals surface area contributed by atoms with E-state index in [4.69, 9.17) is 9.47 Å². The maximum absolute atomic E-state index is 12.3. The summed E-state index contributed by atoms with van der Waals surface area (Å²) in [6.07, 6.45) is 0.364. The Morgan fingerprint density at radius 3 is 2.57 bits per heavy atom. The Balaban J connectivity index is 1.88. The van der Waals surface area contributed by atoms with Crippen molar-refractivity contribution in [3.8, 4) is 11.1 Å². The van der Waals surface area contributed by atoms with Crippen LogP contribution in [0.1, 0.15) is 49.4 Å². The zero-order valence-electron chi connectivity index (χ0n) is 17.7. The molecule has 0 spiro atoms. The molecule has 5 nitrogen and oxygen atoms in total. The molecular weight excluding hydrogens is 352 g/mol. The summed E-state index contributed by atoms with van der Waals surface area (Å²) in [7, 11) is 1.76. The summed E-state index contributed by atoms with van der Waals surface area (Å²) in [6.45, 7) is 10.8. The number of rotatable bonds is 3. The van der Waals surface area contributed by atoms with Gasteiger partial charge in [0.15, 0.2) is 0 Å². The first kappa shape index (κ1) is 20.3. The van der Waals surface area contributed by atoms with Gasteiger partial charge in [0, 0.05) is 18.4 Å². The van der Waals surface area contributed by atoms with Gasteiger partial charge in [0.1, 0.15) is 11.7 Å². The van der Waals surface area contributed by atoms with Gasteiger partial charge < -0.3 is 14.4 Å². The fourth-order valence-electron chi connectivity index (χ4n) is 3.65. The number of benzene rings is 1. The van der Waals surface area contributed by atoms with Crippen molar-refractivity contribution >= 4 is 6.09 Å². The monoisotopic (exact) mass is 382 g/mol. The van der Waals surface area contributed by atoms with Gasteiger partial charge in [-0.25, -0.2) is 4.79 Å². The van der Waals surface area contributed by atoms with E-state index in [1.807, 2.05) is 34.6 Å². The fraction of sp³-hybridized carbons (Fsp3) is 0.478. The molecule has 1 aromatic heterocycles. The van der Waals surface area contributed by atoms with Crippen LogP contribution in [0.15, 0.2) is 30.3 Å². The summed E-state index contributed by atoms with van der Waals surface area (Å²) >= 11 is 0. The lowest BCUT2D eigenvalue weighted by Crippen LogP contribution is -2.38. The van der Waals surface area contributed by atoms with Gasteiger partial charge in [-0.2, -0.15) is 0 Å². The number of amides is 1. The average Bonchev–Trinajstić information content (AvgIpc) is 2.59. The Morgan fingerprint density at radius 1 is 1.25 bits per heavy atom. The number of aromatic nitrogens is 1. The number of carbonyl (C=O) groups is 1. The van der Waals surface area contributed by atoms with E-state index in [2.05, 4.69) is 35.3 Å². The quantitative estimate of drug-likeness (QED) is 0.762. The van der Waals surface area contributed by atoms with E-state index in [9.17, 15) is 4.79 Å². The summed E-state index contributed by atoms with van der Waals surface area (Å²) in [4.78, 5) is 18.4. The number of likely N-dealkylation sites (N-methyl/N-ethyl adjacent to an activating group) is 1. The number of hydrogen-bond donors (Lipinski definition) is 0. The van der Waals surface area contributed by atoms with Gasteiger partial charge in [-0.05, 0) is 75.4 Å². The molecule has 0 fully saturated rings. The second kappa shape index (κ2) is 7.92. The molecule has 1 aromatic carbocycles. The number of nitrogens with zero attached hydrogens (tertiary/aromatic N) is 2. The molecule has 5 heteroatoms. The first-order chi connectivity index (χ1) is 13.1. The van der Waals surface area contributed by atoms with Crippen molar-refractivity contribution in [2.45, 2.75) is 52.7 Å². The molecule has 0 aliphatic carbocycles. The second-order valence-corrected chi connectivity index (χ2v) is 8.48. The van der Waals surface area contributed by atoms with Crippen molar-refractivity contribution < 1.29 is 14.3 Å². The van der Waals surface area contributed by atoms with Crippen molar-refractivity contribution in [3.05, 3.63) is 52.8 Å². The van der Waals surface area contributed by atoms with E-state index < -0.39 is 5.60 Å². The van der Waals surface area contributed by atoms with Crippen LogP contribution < -0.4 is 0 Å². The highest BCUT2D eigenvalue weighted by molar-refractivity contribution is 5.70. The third-order valence-electron chi connectivity index (χ3n) is 4.77. The minimum Gasteiger partial charge on any atom is -0.444 e. The third-order valence-corrected chi connectivity index (χ3v) is 4.77. The molecule has 2 aromatic rings. The molecule has 3 rings (SSSR count). The van der Waals surface area contributed by atoms with Gasteiger partial charge in [0.05, 0.1) is 13.2 Å². The van der Waals surface area contributed by atoms with E-state index in [0.29, 0.717) is 13.2 Å². The molecule has 0 N–H and O–H groups in total. The van der Waals surface area contributed by atoms with E-state index in [1.165, 1.54) is 16.7 Å². The first-order valence-electron chi connectivity index (χ1n) is 9.77. The minimum absolute atomic E-state index is 0.162. The van der Waals surface area contributed by atoms with Crippen LogP contribution in [0.25, 0.3) is 11.1 Å². The van der Waals surface area contributed by atoms with Crippen LogP contribution >= 0.6 is 0 Å². The predicted molar refractivity (Wildman–Crippen MR) is 110 cm³/mol. The summed E-state index contributed by atoms with van der Waals surface area (Å²) in [5, 5.41) is 0. The standard InChI is InChI=1S/C23H30N2O3/c1-15-12-17(13-16(2)24-15)18-8-7-9-20-19(18)10-11-27-21(20)14-25(6)22(26)28-23(3,4)5/h7-9,12-13,21H,10-11,14H2,1-6H3/t21-/m1/s1. The number of ether oxygens (including phenoxy) is 2. The van der Waals surface area contributed by atoms with Crippen molar-refractivity contribution in [1.82, 2.24) is 9.88 Å². The molecule has 0 radical (unpaired) electrons. The molecule has 1 aliphatic rings. The van der Waals surface area contributed by atoms with Crippen LogP contribution in [0.3, 0.4) is 0 Å². The van der Waals surface area contributed by atoms with Crippen LogP contribution in [-0.2, 0) is 15.9 Å². The SMILES string of the molecule is Cc1cc(-c2cccc3c2CCO[C@@H]3CN(C)C(=O)OC(C)(C)C)cc(C)n1. The predicted octanol–water partition coefficient (Wildman–Crippen LogP) is 4.85. The lowest BCUT2D eigenvalue weighted by atomic mass is 9.89. The highest BCUT2D eigenvalue weighted by atomic mass is 16.6. The summed E-state index contributed by atoms with van der Waals surface area (Å²) in [5.41, 5.74) is 6.36. The molecular formula is C23H30N2O3. The van der Waals surface area contributed by atoms with Gasteiger partial charge in [0.25, 0.3) is 0 Å². The van der Waals surface area contributed by atoms with Crippen molar-refractivity contribution in [1.29, 1.82) is 0 Å². The highest BCUT2D eigenvalue weighted by Crippen LogP contribution is 2.35. The molecule has 0 unspecified atom stereocenters. The van der Waals surface area contributed by atoms with Crippen LogP contribution in [0, 0.1) is 13.8 Å². The number of aryl methyl sites for hydroxylation is 2. The van der Waals surface area contributed by atoms with Crippen molar-refractivity contribution in [2.75, 3.05) is 20.2 Å². The molecule has 1 amide bonds. The zero-order valence-corrected chi connectivity index (χ0v) is 17.7. The normalized spacial score (nSPS) is 16.4.